The number of rotatable bonds is 87. The van der Waals surface area contributed by atoms with Crippen molar-refractivity contribution in [3.8, 4) is 0 Å². The molecule has 5 atom stereocenters. The van der Waals surface area contributed by atoms with Gasteiger partial charge < -0.3 is 33.8 Å². The molecule has 3 N–H and O–H groups in total. The smallest absolute Gasteiger partial charge is 0.462 e. The topological polar surface area (TPSA) is 237 Å². The minimum Gasteiger partial charge on any atom is -0.462 e. The lowest BCUT2D eigenvalue weighted by molar-refractivity contribution is -0.161. The van der Waals surface area contributed by atoms with Crippen LogP contribution < -0.4 is 0 Å². The van der Waals surface area contributed by atoms with E-state index >= 15 is 0 Å². The van der Waals surface area contributed by atoms with Crippen molar-refractivity contribution in [1.29, 1.82) is 0 Å². The van der Waals surface area contributed by atoms with Gasteiger partial charge in [0.05, 0.1) is 26.4 Å². The quantitative estimate of drug-likeness (QED) is 0.0222. The maximum Gasteiger partial charge on any atom is 0.472 e. The van der Waals surface area contributed by atoms with Crippen LogP contribution in [0.2, 0.25) is 0 Å². The van der Waals surface area contributed by atoms with E-state index in [4.69, 9.17) is 37.0 Å². The molecule has 0 aromatic heterocycles. The molecular weight excluding hydrogens is 1390 g/mol. The molecule has 0 aromatic rings. The first-order chi connectivity index (χ1) is 51.9. The Bertz CT molecular complexity index is 2050. The molecule has 0 fully saturated rings. The third-order valence-electron chi connectivity index (χ3n) is 20.7. The predicted molar refractivity (Wildman–Crippen MR) is 442 cm³/mol. The van der Waals surface area contributed by atoms with Crippen LogP contribution in [0.4, 0.5) is 0 Å². The van der Waals surface area contributed by atoms with Gasteiger partial charge in [0.1, 0.15) is 19.3 Å². The molecule has 0 bridgehead atoms. The van der Waals surface area contributed by atoms with Gasteiger partial charge in [-0.25, -0.2) is 9.13 Å². The van der Waals surface area contributed by atoms with Gasteiger partial charge in [0.25, 0.3) is 0 Å². The van der Waals surface area contributed by atoms with Crippen LogP contribution in [0.3, 0.4) is 0 Å². The van der Waals surface area contributed by atoms with Crippen LogP contribution in [0.5, 0.6) is 0 Å². The first-order valence-corrected chi connectivity index (χ1v) is 48.5. The summed E-state index contributed by atoms with van der Waals surface area (Å²) in [5.74, 6) is -0.498. The second-order valence-corrected chi connectivity index (χ2v) is 35.5. The number of aliphatic hydroxyl groups is 1. The van der Waals surface area contributed by atoms with E-state index in [1.807, 2.05) is 0 Å². The molecule has 0 aliphatic rings. The highest BCUT2D eigenvalue weighted by Gasteiger charge is 2.30. The zero-order valence-corrected chi connectivity index (χ0v) is 72.2. The lowest BCUT2D eigenvalue weighted by Gasteiger charge is -2.21. The normalized spacial score (nSPS) is 13.8. The summed E-state index contributed by atoms with van der Waals surface area (Å²) in [4.78, 5) is 73.3. The van der Waals surface area contributed by atoms with Crippen LogP contribution in [-0.2, 0) is 65.4 Å². The molecule has 0 saturated carbocycles. The Morgan fingerprint density at radius 3 is 0.636 bits per heavy atom. The molecule has 0 radical (unpaired) electrons. The second kappa shape index (κ2) is 79.3. The minimum absolute atomic E-state index is 0.108. The Labute approximate surface area is 658 Å². The highest BCUT2D eigenvalue weighted by molar-refractivity contribution is 7.47. The van der Waals surface area contributed by atoms with Crippen LogP contribution in [-0.4, -0.2) is 96.7 Å². The molecule has 0 rings (SSSR count). The van der Waals surface area contributed by atoms with Gasteiger partial charge in [0.15, 0.2) is 12.2 Å². The number of phosphoric ester groups is 2. The van der Waals surface area contributed by atoms with Crippen LogP contribution in [0.25, 0.3) is 0 Å². The summed E-state index contributed by atoms with van der Waals surface area (Å²) >= 11 is 0. The van der Waals surface area contributed by atoms with E-state index in [1.165, 1.54) is 289 Å². The van der Waals surface area contributed by atoms with Crippen molar-refractivity contribution in [2.75, 3.05) is 39.6 Å². The van der Waals surface area contributed by atoms with Gasteiger partial charge in [-0.1, -0.05) is 420 Å². The molecule has 0 heterocycles. The Morgan fingerprint density at radius 1 is 0.252 bits per heavy atom. The van der Waals surface area contributed by atoms with Crippen molar-refractivity contribution in [2.24, 2.45) is 11.8 Å². The van der Waals surface area contributed by atoms with Crippen molar-refractivity contribution >= 4 is 39.5 Å². The fraction of sp³-hybridized carbons (Fsp3) is 0.955. The largest absolute Gasteiger partial charge is 0.472 e. The van der Waals surface area contributed by atoms with E-state index in [2.05, 4.69) is 41.5 Å². The third kappa shape index (κ3) is 81.9. The summed E-state index contributed by atoms with van der Waals surface area (Å²) in [6.45, 7) is 9.73. The Balaban J connectivity index is 5.25. The van der Waals surface area contributed by atoms with E-state index < -0.39 is 97.5 Å². The Kier molecular flexibility index (Phi) is 77.9. The number of esters is 4. The molecule has 2 unspecified atom stereocenters. The van der Waals surface area contributed by atoms with Crippen molar-refractivity contribution in [1.82, 2.24) is 0 Å². The standard InChI is InChI=1S/C88H172O17P2/c1-7-9-11-13-15-17-19-21-22-23-24-25-26-31-36-42-48-54-60-66-72-87(92)104-84(77-99-86(91)71-65-59-53-47-41-35-30-28-27-29-33-38-44-50-56-62-68-80(3)4)79-103-107(96,97)101-75-82(89)74-100-106(94,95)102-78-83(76-98-85(90)70-64-58-52-46-40-20-18-16-14-12-10-8-2)105-88(93)73-67-61-55-49-43-37-32-34-39-45-51-57-63-69-81(5)6/h80-84,89H,7-79H2,1-6H3,(H,94,95)(H,96,97)/t82-,83+,84+/m0/s1. The number of phosphoric acid groups is 2. The van der Waals surface area contributed by atoms with Crippen LogP contribution in [0, 0.1) is 11.8 Å². The number of carbonyl (C=O) groups is 4. The Hall–Kier alpha value is -1.94. The first-order valence-electron chi connectivity index (χ1n) is 45.5. The first kappa shape index (κ1) is 105. The van der Waals surface area contributed by atoms with Gasteiger partial charge >= 0.3 is 39.5 Å². The van der Waals surface area contributed by atoms with E-state index in [-0.39, 0.29) is 25.7 Å². The molecule has 0 spiro atoms. The van der Waals surface area contributed by atoms with Crippen molar-refractivity contribution in [3.63, 3.8) is 0 Å². The molecule has 0 aromatic carbocycles. The van der Waals surface area contributed by atoms with Crippen LogP contribution in [0.15, 0.2) is 0 Å². The summed E-state index contributed by atoms with van der Waals surface area (Å²) < 4.78 is 69.0. The van der Waals surface area contributed by atoms with E-state index in [0.717, 1.165) is 102 Å². The van der Waals surface area contributed by atoms with Crippen LogP contribution in [0.1, 0.15) is 472 Å². The molecular formula is C88H172O17P2. The van der Waals surface area contributed by atoms with Gasteiger partial charge in [-0.05, 0) is 37.5 Å². The molecule has 17 nitrogen and oxygen atoms in total. The second-order valence-electron chi connectivity index (χ2n) is 32.6. The molecule has 107 heavy (non-hydrogen) atoms. The van der Waals surface area contributed by atoms with Gasteiger partial charge in [0.2, 0.25) is 0 Å². The number of unbranched alkanes of at least 4 members (excludes halogenated alkanes) is 57. The minimum atomic E-state index is -4.97. The number of hydrogen-bond donors (Lipinski definition) is 3. The summed E-state index contributed by atoms with van der Waals surface area (Å²) in [5, 5.41) is 10.7. The van der Waals surface area contributed by atoms with Crippen molar-refractivity contribution in [3.05, 3.63) is 0 Å². The lowest BCUT2D eigenvalue weighted by atomic mass is 10.0. The summed E-state index contributed by atoms with van der Waals surface area (Å²) in [5.41, 5.74) is 0. The van der Waals surface area contributed by atoms with Gasteiger partial charge in [-0.2, -0.15) is 0 Å². The number of aliphatic hydroxyl groups excluding tert-OH is 1. The highest BCUT2D eigenvalue weighted by atomic mass is 31.2. The number of hydrogen-bond acceptors (Lipinski definition) is 15. The number of ether oxygens (including phenoxy) is 4. The lowest BCUT2D eigenvalue weighted by Crippen LogP contribution is -2.30. The van der Waals surface area contributed by atoms with Crippen molar-refractivity contribution < 1.29 is 80.2 Å². The van der Waals surface area contributed by atoms with E-state index in [0.29, 0.717) is 25.7 Å². The fourth-order valence-electron chi connectivity index (χ4n) is 13.8. The molecule has 19 heteroatoms. The van der Waals surface area contributed by atoms with E-state index in [1.54, 1.807) is 0 Å². The maximum absolute atomic E-state index is 13.2. The molecule has 0 aliphatic heterocycles. The average molecular weight is 1560 g/mol. The summed E-state index contributed by atoms with van der Waals surface area (Å²) in [7, 11) is -9.93. The van der Waals surface area contributed by atoms with Crippen molar-refractivity contribution in [2.45, 2.75) is 490 Å². The summed E-state index contributed by atoms with van der Waals surface area (Å²) in [6.07, 6.45) is 72.1. The molecule has 636 valence electrons. The average Bonchev–Trinajstić information content (AvgIpc) is 0.911. The molecule has 0 amide bonds. The molecule has 0 saturated heterocycles. The third-order valence-corrected chi connectivity index (χ3v) is 22.6. The SMILES string of the molecule is CCCCCCCCCCCCCCCCCCCCCCC(=O)O[C@H](COC(=O)CCCCCCCCCCCCCCCCCCC(C)C)COP(=O)(O)OC[C@@H](O)COP(=O)(O)OC[C@@H](COC(=O)CCCCCCCCCCCCCC)OC(=O)CCCCCCCCCCCCCCCC(C)C. The van der Waals surface area contributed by atoms with E-state index in [9.17, 15) is 43.2 Å². The monoisotopic (exact) mass is 1560 g/mol. The highest BCUT2D eigenvalue weighted by Crippen LogP contribution is 2.45. The zero-order valence-electron chi connectivity index (χ0n) is 70.5. The van der Waals surface area contributed by atoms with Gasteiger partial charge in [0, 0.05) is 25.7 Å². The predicted octanol–water partition coefficient (Wildman–Crippen LogP) is 27.0. The van der Waals surface area contributed by atoms with Gasteiger partial charge in [-0.15, -0.1) is 0 Å². The maximum atomic E-state index is 13.2. The summed E-state index contributed by atoms with van der Waals surface area (Å²) in [6, 6.07) is 0. The van der Waals surface area contributed by atoms with Crippen LogP contribution >= 0.6 is 15.6 Å². The zero-order chi connectivity index (χ0) is 78.5. The fourth-order valence-corrected chi connectivity index (χ4v) is 15.4. The van der Waals surface area contributed by atoms with Gasteiger partial charge in [-0.3, -0.25) is 37.3 Å². The number of carbonyl (C=O) groups excluding carboxylic acids is 4. The molecule has 0 aliphatic carbocycles. The Morgan fingerprint density at radius 2 is 0.430 bits per heavy atom.